The van der Waals surface area contributed by atoms with E-state index in [1.54, 1.807) is 18.3 Å². The number of benzene rings is 1. The van der Waals surface area contributed by atoms with Gasteiger partial charge in [0.15, 0.2) is 0 Å². The summed E-state index contributed by atoms with van der Waals surface area (Å²) < 4.78 is 5.64. The Morgan fingerprint density at radius 3 is 2.24 bits per heavy atom. The van der Waals surface area contributed by atoms with E-state index in [9.17, 15) is 4.79 Å². The van der Waals surface area contributed by atoms with Gasteiger partial charge in [-0.2, -0.15) is 4.98 Å². The Balaban J connectivity index is 0.00000134. The number of amides is 1. The highest BCUT2D eigenvalue weighted by Crippen LogP contribution is 2.35. The third-order valence-corrected chi connectivity index (χ3v) is 6.63. The Bertz CT molecular complexity index is 1210. The second-order valence-corrected chi connectivity index (χ2v) is 11.6. The normalized spacial score (nSPS) is 14.7. The number of hydrogen-bond donors (Lipinski definition) is 1. The molecule has 0 bridgehead atoms. The van der Waals surface area contributed by atoms with E-state index in [2.05, 4.69) is 80.4 Å². The molecule has 4 rings (SSSR count). The van der Waals surface area contributed by atoms with Crippen molar-refractivity contribution in [3.63, 3.8) is 0 Å². The van der Waals surface area contributed by atoms with Crippen LogP contribution in [0.4, 0.5) is 11.8 Å². The maximum atomic E-state index is 13.9. The molecular formula is C39H63N5O2. The lowest BCUT2D eigenvalue weighted by Gasteiger charge is -2.54. The Morgan fingerprint density at radius 1 is 1.09 bits per heavy atom. The molecule has 1 aromatic heterocycles. The number of hydrogen-bond acceptors (Lipinski definition) is 6. The maximum Gasteiger partial charge on any atom is 0.260 e. The Hall–Kier alpha value is -3.71. The standard InChI is InChI=1S/C26H35N5O2.C5H10.2C3H6.C2H6/c1-6-7-19(4)15-30-16-26(5,17-30)31(23-10-12-27-25(29-23)28-18(2)3)24(32)21-8-9-22-20(14-21)11-13-33-22;1-3-5-4-2;2*1-3-2;1-2/h6-10,12,14,18-19H,11,13,15-17H2,1-5H3,(H,27,28,29);3,5H,4H2,1-2H3;2*3H,1H2,2H3;1-2H3/b7-6-;5-3-;;;. The number of aromatic nitrogens is 2. The first-order valence-corrected chi connectivity index (χ1v) is 16.8. The fraction of sp³-hybridized carbons (Fsp3) is 0.513. The van der Waals surface area contributed by atoms with Gasteiger partial charge in [-0.25, -0.2) is 4.98 Å². The van der Waals surface area contributed by atoms with Crippen molar-refractivity contribution in [2.45, 2.75) is 101 Å². The molecular weight excluding hydrogens is 570 g/mol. The lowest BCUT2D eigenvalue weighted by molar-refractivity contribution is 0.0585. The first kappa shape index (κ1) is 42.3. The van der Waals surface area contributed by atoms with E-state index in [1.807, 2.05) is 77.6 Å². The van der Waals surface area contributed by atoms with Crippen molar-refractivity contribution in [1.82, 2.24) is 14.9 Å². The number of anilines is 2. The lowest BCUT2D eigenvalue weighted by atomic mass is 9.88. The molecule has 1 fully saturated rings. The van der Waals surface area contributed by atoms with Crippen LogP contribution in [0.15, 0.2) is 80.1 Å². The average Bonchev–Trinajstić information content (AvgIpc) is 3.47. The third-order valence-electron chi connectivity index (χ3n) is 6.63. The molecule has 1 aromatic carbocycles. The zero-order valence-corrected chi connectivity index (χ0v) is 30.8. The maximum absolute atomic E-state index is 13.9. The quantitative estimate of drug-likeness (QED) is 0.277. The highest BCUT2D eigenvalue weighted by molar-refractivity contribution is 6.07. The van der Waals surface area contributed by atoms with Gasteiger partial charge < -0.3 is 10.1 Å². The largest absolute Gasteiger partial charge is 0.493 e. The summed E-state index contributed by atoms with van der Waals surface area (Å²) in [6, 6.07) is 7.77. The monoisotopic (exact) mass is 633 g/mol. The van der Waals surface area contributed by atoms with Gasteiger partial charge in [-0.05, 0) is 90.6 Å². The van der Waals surface area contributed by atoms with Crippen LogP contribution < -0.4 is 15.0 Å². The van der Waals surface area contributed by atoms with Gasteiger partial charge in [-0.1, -0.05) is 64.2 Å². The van der Waals surface area contributed by atoms with E-state index < -0.39 is 0 Å². The van der Waals surface area contributed by atoms with Gasteiger partial charge in [0.25, 0.3) is 5.91 Å². The molecule has 0 aliphatic carbocycles. The molecule has 0 spiro atoms. The van der Waals surface area contributed by atoms with E-state index in [0.29, 0.717) is 29.9 Å². The molecule has 7 heteroatoms. The van der Waals surface area contributed by atoms with Crippen LogP contribution in [0.2, 0.25) is 0 Å². The van der Waals surface area contributed by atoms with E-state index in [1.165, 1.54) is 0 Å². The van der Waals surface area contributed by atoms with Crippen LogP contribution in [0.1, 0.15) is 98.5 Å². The summed E-state index contributed by atoms with van der Waals surface area (Å²) in [7, 11) is 0. The molecule has 2 aromatic rings. The Labute approximate surface area is 281 Å². The topological polar surface area (TPSA) is 70.6 Å². The molecule has 2 aliphatic rings. The minimum Gasteiger partial charge on any atom is -0.493 e. The van der Waals surface area contributed by atoms with Gasteiger partial charge in [-0.15, -0.1) is 13.2 Å². The number of ether oxygens (including phenoxy) is 1. The predicted molar refractivity (Wildman–Crippen MR) is 200 cm³/mol. The van der Waals surface area contributed by atoms with Crippen LogP contribution in [0.5, 0.6) is 5.75 Å². The fourth-order valence-electron chi connectivity index (χ4n) is 5.10. The van der Waals surface area contributed by atoms with Crippen LogP contribution in [0.25, 0.3) is 0 Å². The molecule has 1 N–H and O–H groups in total. The Morgan fingerprint density at radius 2 is 1.72 bits per heavy atom. The van der Waals surface area contributed by atoms with Crippen LogP contribution in [-0.4, -0.2) is 58.6 Å². The van der Waals surface area contributed by atoms with Gasteiger partial charge in [0.1, 0.15) is 11.6 Å². The summed E-state index contributed by atoms with van der Waals surface area (Å²) in [6.07, 6.45) is 15.7. The lowest BCUT2D eigenvalue weighted by Crippen LogP contribution is -2.70. The molecule has 1 amide bonds. The van der Waals surface area contributed by atoms with Gasteiger partial charge in [0.2, 0.25) is 5.95 Å². The van der Waals surface area contributed by atoms with Gasteiger partial charge in [0.05, 0.1) is 12.1 Å². The second kappa shape index (κ2) is 23.6. The predicted octanol–water partition coefficient (Wildman–Crippen LogP) is 9.55. The van der Waals surface area contributed by atoms with E-state index >= 15 is 0 Å². The summed E-state index contributed by atoms with van der Waals surface area (Å²) in [5.41, 5.74) is 1.40. The molecule has 1 saturated heterocycles. The number of fused-ring (bicyclic) bond motifs is 1. The number of nitrogens with zero attached hydrogens (tertiary/aromatic N) is 4. The number of allylic oxidation sites excluding steroid dienone is 5. The molecule has 7 nitrogen and oxygen atoms in total. The Kier molecular flexibility index (Phi) is 21.7. The second-order valence-electron chi connectivity index (χ2n) is 11.6. The number of carbonyl (C=O) groups is 1. The molecule has 1 atom stereocenters. The van der Waals surface area contributed by atoms with Crippen LogP contribution in [0, 0.1) is 5.92 Å². The molecule has 0 radical (unpaired) electrons. The van der Waals surface area contributed by atoms with Gasteiger partial charge in [0, 0.05) is 43.9 Å². The van der Waals surface area contributed by atoms with Crippen molar-refractivity contribution < 1.29 is 9.53 Å². The number of carbonyl (C=O) groups excluding carboxylic acids is 1. The summed E-state index contributed by atoms with van der Waals surface area (Å²) in [5, 5.41) is 3.25. The van der Waals surface area contributed by atoms with Crippen molar-refractivity contribution in [2.75, 3.05) is 36.5 Å². The van der Waals surface area contributed by atoms with Gasteiger partial charge >= 0.3 is 0 Å². The molecule has 0 saturated carbocycles. The summed E-state index contributed by atoms with van der Waals surface area (Å²) in [4.78, 5) is 27.3. The summed E-state index contributed by atoms with van der Waals surface area (Å²) in [5.74, 6) is 2.47. The molecule has 256 valence electrons. The molecule has 1 unspecified atom stereocenters. The van der Waals surface area contributed by atoms with E-state index in [4.69, 9.17) is 9.72 Å². The van der Waals surface area contributed by atoms with E-state index in [0.717, 1.165) is 43.8 Å². The minimum absolute atomic E-state index is 0.0393. The molecule has 3 heterocycles. The first-order chi connectivity index (χ1) is 22.0. The number of rotatable bonds is 9. The highest BCUT2D eigenvalue weighted by atomic mass is 16.5. The summed E-state index contributed by atoms with van der Waals surface area (Å²) >= 11 is 0. The minimum atomic E-state index is -0.355. The van der Waals surface area contributed by atoms with Crippen molar-refractivity contribution >= 4 is 17.7 Å². The summed E-state index contributed by atoms with van der Waals surface area (Å²) in [6.45, 7) is 32.4. The molecule has 2 aliphatic heterocycles. The third kappa shape index (κ3) is 14.2. The van der Waals surface area contributed by atoms with Crippen LogP contribution >= 0.6 is 0 Å². The smallest absolute Gasteiger partial charge is 0.260 e. The van der Waals surface area contributed by atoms with Crippen molar-refractivity contribution in [1.29, 1.82) is 0 Å². The highest BCUT2D eigenvalue weighted by Gasteiger charge is 2.47. The van der Waals surface area contributed by atoms with E-state index in [-0.39, 0.29) is 17.5 Å². The van der Waals surface area contributed by atoms with Gasteiger partial charge in [-0.3, -0.25) is 14.6 Å². The SMILES string of the molecule is C/C=C\C(C)CN1CC(C)(N(C(=O)c2ccc3c(c2)CCO3)c2ccnc(NC(C)C)n2)C1.C/C=C\CC.C=CC.C=CC.CC. The number of nitrogens with one attached hydrogen (secondary N) is 1. The fourth-order valence-corrected chi connectivity index (χ4v) is 5.10. The van der Waals surface area contributed by atoms with Crippen molar-refractivity contribution in [3.8, 4) is 5.75 Å². The van der Waals surface area contributed by atoms with Crippen molar-refractivity contribution in [3.05, 3.63) is 91.2 Å². The molecule has 46 heavy (non-hydrogen) atoms. The zero-order chi connectivity index (χ0) is 35.1. The first-order valence-electron chi connectivity index (χ1n) is 16.8. The average molecular weight is 634 g/mol. The zero-order valence-electron chi connectivity index (χ0n) is 30.8. The van der Waals surface area contributed by atoms with Crippen LogP contribution in [0.3, 0.4) is 0 Å². The van der Waals surface area contributed by atoms with Crippen molar-refractivity contribution in [2.24, 2.45) is 5.92 Å². The number of likely N-dealkylation sites (tertiary alicyclic amines) is 1. The van der Waals surface area contributed by atoms with Crippen LogP contribution in [-0.2, 0) is 6.42 Å².